The second kappa shape index (κ2) is 10.2. The van der Waals surface area contributed by atoms with E-state index in [1.165, 1.54) is 38.5 Å². The van der Waals surface area contributed by atoms with Gasteiger partial charge >= 0.3 is 0 Å². The van der Waals surface area contributed by atoms with E-state index >= 15 is 0 Å². The van der Waals surface area contributed by atoms with Crippen LogP contribution in [0.4, 0.5) is 5.69 Å². The number of rotatable bonds is 10. The van der Waals surface area contributed by atoms with Crippen LogP contribution < -0.4 is 5.73 Å². The predicted octanol–water partition coefficient (Wildman–Crippen LogP) is 5.17. The summed E-state index contributed by atoms with van der Waals surface area (Å²) in [4.78, 5) is 0.608. The Morgan fingerprint density at radius 2 is 1.65 bits per heavy atom. The van der Waals surface area contributed by atoms with Gasteiger partial charge in [0.15, 0.2) is 0 Å². The van der Waals surface area contributed by atoms with Crippen molar-refractivity contribution in [1.82, 2.24) is 0 Å². The van der Waals surface area contributed by atoms with E-state index in [2.05, 4.69) is 6.92 Å². The molecular formula is C16H26ClNOS. The molecular weight excluding hydrogens is 290 g/mol. The average molecular weight is 316 g/mol. The maximum Gasteiger partial charge on any atom is 0.0803 e. The van der Waals surface area contributed by atoms with Gasteiger partial charge in [-0.3, -0.25) is 4.21 Å². The Labute approximate surface area is 130 Å². The highest BCUT2D eigenvalue weighted by Crippen LogP contribution is 2.26. The highest BCUT2D eigenvalue weighted by molar-refractivity contribution is 7.85. The maximum absolute atomic E-state index is 12.2. The maximum atomic E-state index is 12.2. The summed E-state index contributed by atoms with van der Waals surface area (Å²) in [6.07, 6.45) is 9.95. The van der Waals surface area contributed by atoms with Gasteiger partial charge in [0.25, 0.3) is 0 Å². The monoisotopic (exact) mass is 315 g/mol. The van der Waals surface area contributed by atoms with Gasteiger partial charge in [0.05, 0.1) is 20.7 Å². The summed E-state index contributed by atoms with van der Waals surface area (Å²) in [6, 6.07) is 5.29. The van der Waals surface area contributed by atoms with Gasteiger partial charge in [-0.2, -0.15) is 0 Å². The smallest absolute Gasteiger partial charge is 0.0803 e. The normalized spacial score (nSPS) is 12.5. The van der Waals surface area contributed by atoms with Gasteiger partial charge in [-0.25, -0.2) is 0 Å². The van der Waals surface area contributed by atoms with E-state index in [4.69, 9.17) is 17.3 Å². The lowest BCUT2D eigenvalue weighted by Gasteiger charge is -2.07. The van der Waals surface area contributed by atoms with Gasteiger partial charge < -0.3 is 5.73 Å². The summed E-state index contributed by atoms with van der Waals surface area (Å²) in [6.45, 7) is 2.23. The number of hydrogen-bond acceptors (Lipinski definition) is 2. The Balaban J connectivity index is 2.21. The highest BCUT2D eigenvalue weighted by Gasteiger charge is 2.11. The van der Waals surface area contributed by atoms with Gasteiger partial charge in [0, 0.05) is 11.4 Å². The summed E-state index contributed by atoms with van der Waals surface area (Å²) in [5.74, 6) is 0.656. The third kappa shape index (κ3) is 6.27. The van der Waals surface area contributed by atoms with E-state index in [1.54, 1.807) is 18.2 Å². The second-order valence-corrected chi connectivity index (χ2v) is 7.10. The lowest BCUT2D eigenvalue weighted by Crippen LogP contribution is -2.03. The second-order valence-electron chi connectivity index (χ2n) is 5.18. The van der Waals surface area contributed by atoms with Crippen LogP contribution in [-0.4, -0.2) is 9.96 Å². The van der Waals surface area contributed by atoms with Crippen molar-refractivity contribution in [3.8, 4) is 0 Å². The van der Waals surface area contributed by atoms with E-state index in [0.717, 1.165) is 12.8 Å². The van der Waals surface area contributed by atoms with Crippen molar-refractivity contribution >= 4 is 28.1 Å². The molecule has 0 heterocycles. The van der Waals surface area contributed by atoms with Gasteiger partial charge in [-0.15, -0.1) is 0 Å². The minimum atomic E-state index is -1.07. The van der Waals surface area contributed by atoms with Crippen molar-refractivity contribution < 1.29 is 4.21 Å². The zero-order valence-corrected chi connectivity index (χ0v) is 13.9. The molecule has 1 rings (SSSR count). The summed E-state index contributed by atoms with van der Waals surface area (Å²) in [5, 5.41) is 0.517. The molecule has 0 amide bonds. The van der Waals surface area contributed by atoms with Crippen molar-refractivity contribution in [3.63, 3.8) is 0 Å². The Kier molecular flexibility index (Phi) is 8.95. The Morgan fingerprint density at radius 3 is 2.25 bits per heavy atom. The van der Waals surface area contributed by atoms with Crippen LogP contribution in [0.25, 0.3) is 0 Å². The molecule has 1 aromatic rings. The summed E-state index contributed by atoms with van der Waals surface area (Å²) in [5.41, 5.74) is 6.38. The lowest BCUT2D eigenvalue weighted by molar-refractivity contribution is 0.584. The molecule has 20 heavy (non-hydrogen) atoms. The van der Waals surface area contributed by atoms with Gasteiger partial charge in [-0.05, 0) is 18.6 Å². The number of nitrogens with two attached hydrogens (primary N) is 1. The van der Waals surface area contributed by atoms with Crippen LogP contribution >= 0.6 is 11.6 Å². The third-order valence-electron chi connectivity index (χ3n) is 3.41. The van der Waals surface area contributed by atoms with Crippen molar-refractivity contribution in [1.29, 1.82) is 0 Å². The number of unbranched alkanes of at least 4 members (excludes halogenated alkanes) is 7. The van der Waals surface area contributed by atoms with Gasteiger partial charge in [-0.1, -0.05) is 69.5 Å². The van der Waals surface area contributed by atoms with Gasteiger partial charge in [0.1, 0.15) is 0 Å². The first-order chi connectivity index (χ1) is 9.66. The number of hydrogen-bond donors (Lipinski definition) is 1. The molecule has 0 bridgehead atoms. The first kappa shape index (κ1) is 17.5. The van der Waals surface area contributed by atoms with E-state index in [9.17, 15) is 4.21 Å². The topological polar surface area (TPSA) is 43.1 Å². The third-order valence-corrected chi connectivity index (χ3v) is 5.41. The molecule has 0 spiro atoms. The van der Waals surface area contributed by atoms with Crippen LogP contribution in [0.2, 0.25) is 5.02 Å². The Morgan fingerprint density at radius 1 is 1.05 bits per heavy atom. The zero-order chi connectivity index (χ0) is 14.8. The van der Waals surface area contributed by atoms with E-state index < -0.39 is 10.8 Å². The van der Waals surface area contributed by atoms with Crippen LogP contribution in [-0.2, 0) is 10.8 Å². The van der Waals surface area contributed by atoms with Crippen molar-refractivity contribution in [2.45, 2.75) is 63.2 Å². The van der Waals surface area contributed by atoms with Crippen LogP contribution in [0, 0.1) is 0 Å². The summed E-state index contributed by atoms with van der Waals surface area (Å²) in [7, 11) is -1.07. The molecule has 1 aromatic carbocycles. The van der Waals surface area contributed by atoms with Crippen LogP contribution in [0.5, 0.6) is 0 Å². The Hall–Kier alpha value is -0.540. The molecule has 0 saturated heterocycles. The minimum absolute atomic E-state index is 0.517. The molecule has 1 unspecified atom stereocenters. The molecule has 114 valence electrons. The molecule has 2 N–H and O–H groups in total. The molecule has 0 aliphatic rings. The lowest BCUT2D eigenvalue weighted by atomic mass is 10.1. The number of anilines is 1. The van der Waals surface area contributed by atoms with Gasteiger partial charge in [0.2, 0.25) is 0 Å². The molecule has 0 aliphatic heterocycles. The standard InChI is InChI=1S/C16H26ClNOS/c1-2-3-4-5-6-7-8-9-13-20(19)16-14(17)11-10-12-15(16)18/h10-12H,2-9,13,18H2,1H3. The first-order valence-corrected chi connectivity index (χ1v) is 9.29. The highest BCUT2D eigenvalue weighted by atomic mass is 35.5. The molecule has 0 aromatic heterocycles. The molecule has 2 nitrogen and oxygen atoms in total. The largest absolute Gasteiger partial charge is 0.398 e. The Bertz CT molecular complexity index is 403. The fourth-order valence-electron chi connectivity index (χ4n) is 2.23. The number of halogens is 1. The van der Waals surface area contributed by atoms with Crippen LogP contribution in [0.15, 0.2) is 23.1 Å². The molecule has 0 aliphatic carbocycles. The first-order valence-electron chi connectivity index (χ1n) is 7.59. The van der Waals surface area contributed by atoms with Crippen molar-refractivity contribution in [2.24, 2.45) is 0 Å². The fourth-order valence-corrected chi connectivity index (χ4v) is 3.96. The predicted molar refractivity (Wildman–Crippen MR) is 89.7 cm³/mol. The van der Waals surface area contributed by atoms with Crippen LogP contribution in [0.1, 0.15) is 58.3 Å². The summed E-state index contributed by atoms with van der Waals surface area (Å²) >= 11 is 6.06. The van der Waals surface area contributed by atoms with E-state index in [1.807, 2.05) is 0 Å². The number of benzene rings is 1. The summed E-state index contributed by atoms with van der Waals surface area (Å²) < 4.78 is 12.2. The molecule has 4 heteroatoms. The molecule has 1 atom stereocenters. The number of nitrogen functional groups attached to an aromatic ring is 1. The molecule has 0 fully saturated rings. The van der Waals surface area contributed by atoms with E-state index in [-0.39, 0.29) is 0 Å². The van der Waals surface area contributed by atoms with Crippen molar-refractivity contribution in [3.05, 3.63) is 23.2 Å². The zero-order valence-electron chi connectivity index (χ0n) is 12.4. The average Bonchev–Trinajstić information content (AvgIpc) is 2.41. The fraction of sp³-hybridized carbons (Fsp3) is 0.625. The quantitative estimate of drug-likeness (QED) is 0.478. The van der Waals surface area contributed by atoms with Crippen LogP contribution in [0.3, 0.4) is 0 Å². The van der Waals surface area contributed by atoms with E-state index in [0.29, 0.717) is 21.4 Å². The molecule has 0 saturated carbocycles. The SMILES string of the molecule is CCCCCCCCCCS(=O)c1c(N)cccc1Cl. The van der Waals surface area contributed by atoms with Crippen molar-refractivity contribution in [2.75, 3.05) is 11.5 Å². The molecule has 0 radical (unpaired) electrons. The minimum Gasteiger partial charge on any atom is -0.398 e.